The second-order valence-corrected chi connectivity index (χ2v) is 4.48. The van der Waals surface area contributed by atoms with Crippen molar-refractivity contribution in [3.8, 4) is 11.1 Å². The first-order chi connectivity index (χ1) is 10.3. The molecule has 2 aromatic carbocycles. The Balaban J connectivity index is 2.53. The first kappa shape index (κ1) is 15.8. The molecule has 6 heteroatoms. The molecule has 0 radical (unpaired) electrons. The van der Waals surface area contributed by atoms with Crippen LogP contribution in [-0.4, -0.2) is 11.1 Å². The molecule has 2 nitrogen and oxygen atoms in total. The standard InChI is InChI=1S/C16H10F4O2/c17-13-5-1-10(2-6-13)11-3-7-14(16(18,19)20)12(9-11)4-8-15(21)22/h1-9H,(H,21,22). The summed E-state index contributed by atoms with van der Waals surface area (Å²) < 4.78 is 51.7. The van der Waals surface area contributed by atoms with Crippen LogP contribution in [0.25, 0.3) is 17.2 Å². The van der Waals surface area contributed by atoms with Crippen LogP contribution in [0.3, 0.4) is 0 Å². The third-order valence-electron chi connectivity index (χ3n) is 2.94. The minimum Gasteiger partial charge on any atom is -0.478 e. The first-order valence-electron chi connectivity index (χ1n) is 6.15. The fraction of sp³-hybridized carbons (Fsp3) is 0.0625. The van der Waals surface area contributed by atoms with Crippen LogP contribution < -0.4 is 0 Å². The molecule has 1 N–H and O–H groups in total. The second kappa shape index (κ2) is 6.01. The number of carbonyl (C=O) groups is 1. The Hall–Kier alpha value is -2.63. The lowest BCUT2D eigenvalue weighted by atomic mass is 9.98. The number of alkyl halides is 3. The van der Waals surface area contributed by atoms with Gasteiger partial charge in [0.05, 0.1) is 5.56 Å². The molecule has 0 saturated heterocycles. The van der Waals surface area contributed by atoms with Crippen LogP contribution in [0, 0.1) is 5.82 Å². The Bertz CT molecular complexity index is 716. The average molecular weight is 310 g/mol. The van der Waals surface area contributed by atoms with Crippen LogP contribution in [0.5, 0.6) is 0 Å². The molecule has 2 aromatic rings. The average Bonchev–Trinajstić information content (AvgIpc) is 2.44. The van der Waals surface area contributed by atoms with Gasteiger partial charge in [0.1, 0.15) is 5.82 Å². The lowest BCUT2D eigenvalue weighted by Gasteiger charge is -2.12. The second-order valence-electron chi connectivity index (χ2n) is 4.48. The summed E-state index contributed by atoms with van der Waals surface area (Å²) in [6, 6.07) is 8.61. The molecule has 0 atom stereocenters. The van der Waals surface area contributed by atoms with Crippen molar-refractivity contribution in [2.45, 2.75) is 6.18 Å². The van der Waals surface area contributed by atoms with Gasteiger partial charge < -0.3 is 5.11 Å². The number of benzene rings is 2. The SMILES string of the molecule is O=C(O)C=Cc1cc(-c2ccc(F)cc2)ccc1C(F)(F)F. The molecule has 0 bridgehead atoms. The van der Waals surface area contributed by atoms with Crippen LogP contribution in [-0.2, 0) is 11.0 Å². The maximum absolute atomic E-state index is 12.9. The van der Waals surface area contributed by atoms with Gasteiger partial charge in [-0.15, -0.1) is 0 Å². The van der Waals surface area contributed by atoms with E-state index in [2.05, 4.69) is 0 Å². The number of carboxylic acids is 1. The summed E-state index contributed by atoms with van der Waals surface area (Å²) in [4.78, 5) is 10.5. The summed E-state index contributed by atoms with van der Waals surface area (Å²) >= 11 is 0. The molecule has 22 heavy (non-hydrogen) atoms. The van der Waals surface area contributed by atoms with Crippen molar-refractivity contribution in [3.63, 3.8) is 0 Å². The molecule has 2 rings (SSSR count). The van der Waals surface area contributed by atoms with Crippen molar-refractivity contribution in [2.75, 3.05) is 0 Å². The lowest BCUT2D eigenvalue weighted by molar-refractivity contribution is -0.138. The van der Waals surface area contributed by atoms with Gasteiger partial charge in [-0.05, 0) is 47.0 Å². The van der Waals surface area contributed by atoms with Gasteiger partial charge in [0.15, 0.2) is 0 Å². The zero-order valence-corrected chi connectivity index (χ0v) is 11.1. The van der Waals surface area contributed by atoms with E-state index >= 15 is 0 Å². The molecule has 0 aliphatic carbocycles. The number of halogens is 4. The van der Waals surface area contributed by atoms with Crippen molar-refractivity contribution in [1.29, 1.82) is 0 Å². The van der Waals surface area contributed by atoms with E-state index in [0.29, 0.717) is 17.2 Å². The largest absolute Gasteiger partial charge is 0.478 e. The summed E-state index contributed by atoms with van der Waals surface area (Å²) in [6.07, 6.45) is -3.07. The van der Waals surface area contributed by atoms with Crippen LogP contribution in [0.2, 0.25) is 0 Å². The number of carboxylic acid groups (broad SMARTS) is 1. The van der Waals surface area contributed by atoms with Gasteiger partial charge in [-0.2, -0.15) is 13.2 Å². The smallest absolute Gasteiger partial charge is 0.416 e. The zero-order chi connectivity index (χ0) is 16.3. The Kier molecular flexibility index (Phi) is 4.30. The number of hydrogen-bond acceptors (Lipinski definition) is 1. The van der Waals surface area contributed by atoms with Crippen molar-refractivity contribution in [2.24, 2.45) is 0 Å². The number of aliphatic carboxylic acids is 1. The van der Waals surface area contributed by atoms with E-state index in [9.17, 15) is 22.4 Å². The van der Waals surface area contributed by atoms with E-state index < -0.39 is 23.5 Å². The summed E-state index contributed by atoms with van der Waals surface area (Å²) in [5.41, 5.74) is -0.245. The molecule has 0 saturated carbocycles. The minimum absolute atomic E-state index is 0.267. The molecule has 0 spiro atoms. The summed E-state index contributed by atoms with van der Waals surface area (Å²) in [6.45, 7) is 0. The quantitative estimate of drug-likeness (QED) is 0.664. The topological polar surface area (TPSA) is 37.3 Å². The van der Waals surface area contributed by atoms with Gasteiger partial charge in [-0.3, -0.25) is 0 Å². The highest BCUT2D eigenvalue weighted by Gasteiger charge is 2.32. The monoisotopic (exact) mass is 310 g/mol. The normalized spacial score (nSPS) is 11.8. The van der Waals surface area contributed by atoms with Crippen molar-refractivity contribution in [1.82, 2.24) is 0 Å². The molecule has 0 aliphatic rings. The summed E-state index contributed by atoms with van der Waals surface area (Å²) in [5.74, 6) is -1.80. The Morgan fingerprint density at radius 2 is 1.59 bits per heavy atom. The van der Waals surface area contributed by atoms with E-state index in [4.69, 9.17) is 5.11 Å². The Morgan fingerprint density at radius 3 is 2.14 bits per heavy atom. The van der Waals surface area contributed by atoms with Crippen LogP contribution in [0.15, 0.2) is 48.5 Å². The minimum atomic E-state index is -4.60. The van der Waals surface area contributed by atoms with Gasteiger partial charge in [0.25, 0.3) is 0 Å². The molecular formula is C16H10F4O2. The maximum atomic E-state index is 12.9. The molecular weight excluding hydrogens is 300 g/mol. The highest BCUT2D eigenvalue weighted by molar-refractivity contribution is 5.86. The van der Waals surface area contributed by atoms with Crippen LogP contribution in [0.1, 0.15) is 11.1 Å². The van der Waals surface area contributed by atoms with Crippen molar-refractivity contribution < 1.29 is 27.5 Å². The zero-order valence-electron chi connectivity index (χ0n) is 11.1. The molecule has 114 valence electrons. The van der Waals surface area contributed by atoms with E-state index in [1.54, 1.807) is 0 Å². The van der Waals surface area contributed by atoms with Gasteiger partial charge in [0, 0.05) is 6.08 Å². The van der Waals surface area contributed by atoms with E-state index in [1.165, 1.54) is 36.4 Å². The van der Waals surface area contributed by atoms with Crippen molar-refractivity contribution >= 4 is 12.0 Å². The predicted octanol–water partition coefficient (Wildman–Crippen LogP) is 4.61. The summed E-state index contributed by atoms with van der Waals surface area (Å²) in [5, 5.41) is 8.58. The molecule has 0 amide bonds. The maximum Gasteiger partial charge on any atom is 0.416 e. The molecule has 0 heterocycles. The van der Waals surface area contributed by atoms with Gasteiger partial charge in [0.2, 0.25) is 0 Å². The molecule has 0 aliphatic heterocycles. The van der Waals surface area contributed by atoms with E-state index in [-0.39, 0.29) is 5.56 Å². The van der Waals surface area contributed by atoms with Crippen molar-refractivity contribution in [3.05, 3.63) is 65.5 Å². The Labute approximate surface area is 123 Å². The third-order valence-corrected chi connectivity index (χ3v) is 2.94. The van der Waals surface area contributed by atoms with Crippen LogP contribution in [0.4, 0.5) is 17.6 Å². The van der Waals surface area contributed by atoms with Gasteiger partial charge >= 0.3 is 12.1 Å². The predicted molar refractivity (Wildman–Crippen MR) is 73.5 cm³/mol. The molecule has 0 unspecified atom stereocenters. The highest BCUT2D eigenvalue weighted by Crippen LogP contribution is 2.35. The lowest BCUT2D eigenvalue weighted by Crippen LogP contribution is -2.07. The first-order valence-corrected chi connectivity index (χ1v) is 6.15. The highest BCUT2D eigenvalue weighted by atomic mass is 19.4. The summed E-state index contributed by atoms with van der Waals surface area (Å²) in [7, 11) is 0. The number of hydrogen-bond donors (Lipinski definition) is 1. The molecule has 0 aromatic heterocycles. The fourth-order valence-corrected chi connectivity index (χ4v) is 1.94. The van der Waals surface area contributed by atoms with E-state index in [1.807, 2.05) is 0 Å². The van der Waals surface area contributed by atoms with Crippen LogP contribution >= 0.6 is 0 Å². The fourth-order valence-electron chi connectivity index (χ4n) is 1.94. The third kappa shape index (κ3) is 3.72. The molecule has 0 fully saturated rings. The van der Waals surface area contributed by atoms with Gasteiger partial charge in [-0.1, -0.05) is 18.2 Å². The Morgan fingerprint density at radius 1 is 1.00 bits per heavy atom. The van der Waals surface area contributed by atoms with Gasteiger partial charge in [-0.25, -0.2) is 9.18 Å². The van der Waals surface area contributed by atoms with E-state index in [0.717, 1.165) is 12.1 Å². The number of rotatable bonds is 3.